The van der Waals surface area contributed by atoms with Crippen molar-refractivity contribution in [2.45, 2.75) is 25.3 Å². The molecule has 0 aliphatic heterocycles. The summed E-state index contributed by atoms with van der Waals surface area (Å²) < 4.78 is 1.67. The third-order valence-corrected chi connectivity index (χ3v) is 3.39. The number of carbonyl (C=O) groups excluding carboxylic acids is 1. The molecule has 1 aromatic rings. The Bertz CT molecular complexity index is 373. The first-order valence-corrected chi connectivity index (χ1v) is 6.71. The van der Waals surface area contributed by atoms with E-state index in [0.717, 1.165) is 24.7 Å². The number of nitrogens with zero attached hydrogens (tertiary/aromatic N) is 3. The topological polar surface area (TPSA) is 38.1 Å². The molecular weight excluding hydrogens is 270 g/mol. The van der Waals surface area contributed by atoms with Crippen LogP contribution >= 0.6 is 15.9 Å². The molecule has 1 aromatic heterocycles. The number of alkyl halides is 1. The molecule has 0 N–H and O–H groups in total. The molecule has 88 valence electrons. The maximum Gasteiger partial charge on any atom is 0.274 e. The summed E-state index contributed by atoms with van der Waals surface area (Å²) >= 11 is 3.40. The van der Waals surface area contributed by atoms with Crippen LogP contribution in [0.1, 0.15) is 29.8 Å². The van der Waals surface area contributed by atoms with E-state index in [0.29, 0.717) is 11.7 Å². The van der Waals surface area contributed by atoms with Gasteiger partial charge in [-0.05, 0) is 25.3 Å². The van der Waals surface area contributed by atoms with Gasteiger partial charge in [0, 0.05) is 31.2 Å². The second-order valence-corrected chi connectivity index (χ2v) is 4.94. The smallest absolute Gasteiger partial charge is 0.274 e. The zero-order chi connectivity index (χ0) is 11.5. The van der Waals surface area contributed by atoms with Gasteiger partial charge in [0.05, 0.1) is 0 Å². The monoisotopic (exact) mass is 285 g/mol. The number of aryl methyl sites for hydroxylation is 1. The summed E-state index contributed by atoms with van der Waals surface area (Å²) in [6.07, 6.45) is 5.30. The SMILES string of the molecule is Cn1ccc(C(=O)N(CCBr)C2CCC2)n1. The minimum absolute atomic E-state index is 0.0600. The molecule has 1 fully saturated rings. The van der Waals surface area contributed by atoms with Gasteiger partial charge in [-0.2, -0.15) is 5.10 Å². The van der Waals surface area contributed by atoms with Crippen LogP contribution in [-0.4, -0.2) is 38.5 Å². The minimum atomic E-state index is 0.0600. The van der Waals surface area contributed by atoms with Crippen molar-refractivity contribution >= 4 is 21.8 Å². The first-order chi connectivity index (χ1) is 7.72. The average Bonchev–Trinajstić information content (AvgIpc) is 2.60. The molecule has 0 atom stereocenters. The third kappa shape index (κ3) is 2.29. The highest BCUT2D eigenvalue weighted by Gasteiger charge is 2.29. The Hall–Kier alpha value is -0.840. The number of amides is 1. The first-order valence-electron chi connectivity index (χ1n) is 5.59. The molecule has 2 rings (SSSR count). The van der Waals surface area contributed by atoms with Crippen molar-refractivity contribution in [3.05, 3.63) is 18.0 Å². The summed E-state index contributed by atoms with van der Waals surface area (Å²) in [5.41, 5.74) is 0.551. The highest BCUT2D eigenvalue weighted by Crippen LogP contribution is 2.25. The van der Waals surface area contributed by atoms with E-state index in [1.54, 1.807) is 16.9 Å². The number of hydrogen-bond donors (Lipinski definition) is 0. The lowest BCUT2D eigenvalue weighted by atomic mass is 9.91. The van der Waals surface area contributed by atoms with Crippen molar-refractivity contribution < 1.29 is 4.79 Å². The number of aromatic nitrogens is 2. The minimum Gasteiger partial charge on any atom is -0.333 e. The molecule has 1 saturated carbocycles. The molecule has 5 heteroatoms. The Morgan fingerprint density at radius 3 is 2.88 bits per heavy atom. The van der Waals surface area contributed by atoms with Crippen LogP contribution in [0.4, 0.5) is 0 Å². The Morgan fingerprint density at radius 2 is 2.44 bits per heavy atom. The summed E-state index contributed by atoms with van der Waals surface area (Å²) in [6, 6.07) is 2.20. The Kier molecular flexibility index (Phi) is 3.63. The number of halogens is 1. The normalized spacial score (nSPS) is 15.9. The lowest BCUT2D eigenvalue weighted by Gasteiger charge is -2.36. The lowest BCUT2D eigenvalue weighted by molar-refractivity contribution is 0.0592. The third-order valence-electron chi connectivity index (χ3n) is 3.03. The van der Waals surface area contributed by atoms with Gasteiger partial charge in [-0.1, -0.05) is 15.9 Å². The largest absolute Gasteiger partial charge is 0.333 e. The van der Waals surface area contributed by atoms with E-state index in [2.05, 4.69) is 21.0 Å². The molecule has 0 radical (unpaired) electrons. The number of rotatable bonds is 4. The number of hydrogen-bond acceptors (Lipinski definition) is 2. The molecule has 1 heterocycles. The quantitative estimate of drug-likeness (QED) is 0.792. The van der Waals surface area contributed by atoms with Crippen LogP contribution in [-0.2, 0) is 7.05 Å². The standard InChI is InChI=1S/C11H16BrN3O/c1-14-7-5-10(13-14)11(16)15(8-6-12)9-3-2-4-9/h5,7,9H,2-4,6,8H2,1H3. The van der Waals surface area contributed by atoms with Crippen LogP contribution in [0.3, 0.4) is 0 Å². The van der Waals surface area contributed by atoms with Gasteiger partial charge in [0.1, 0.15) is 5.69 Å². The maximum absolute atomic E-state index is 12.2. The van der Waals surface area contributed by atoms with Crippen LogP contribution in [0.5, 0.6) is 0 Å². The van der Waals surface area contributed by atoms with Gasteiger partial charge >= 0.3 is 0 Å². The average molecular weight is 286 g/mol. The Balaban J connectivity index is 2.09. The molecule has 4 nitrogen and oxygen atoms in total. The van der Waals surface area contributed by atoms with E-state index in [1.165, 1.54) is 6.42 Å². The summed E-state index contributed by atoms with van der Waals surface area (Å²) in [7, 11) is 1.83. The van der Waals surface area contributed by atoms with Crippen molar-refractivity contribution in [3.63, 3.8) is 0 Å². The molecule has 0 spiro atoms. The molecule has 1 aliphatic carbocycles. The highest BCUT2D eigenvalue weighted by atomic mass is 79.9. The summed E-state index contributed by atoms with van der Waals surface area (Å²) in [4.78, 5) is 14.2. The molecule has 1 aliphatic rings. The van der Waals surface area contributed by atoms with Crippen LogP contribution in [0.2, 0.25) is 0 Å². The van der Waals surface area contributed by atoms with E-state index in [1.807, 2.05) is 11.9 Å². The second kappa shape index (κ2) is 4.99. The predicted molar refractivity (Wildman–Crippen MR) is 65.7 cm³/mol. The fourth-order valence-corrected chi connectivity index (χ4v) is 2.30. The second-order valence-electron chi connectivity index (χ2n) is 4.15. The van der Waals surface area contributed by atoms with Crippen molar-refractivity contribution in [1.82, 2.24) is 14.7 Å². The molecular formula is C11H16BrN3O. The van der Waals surface area contributed by atoms with Crippen LogP contribution in [0.25, 0.3) is 0 Å². The van der Waals surface area contributed by atoms with Gasteiger partial charge in [0.25, 0.3) is 5.91 Å². The molecule has 0 bridgehead atoms. The van der Waals surface area contributed by atoms with E-state index in [9.17, 15) is 4.79 Å². The van der Waals surface area contributed by atoms with Gasteiger partial charge in [0.2, 0.25) is 0 Å². The van der Waals surface area contributed by atoms with Gasteiger partial charge in [-0.25, -0.2) is 0 Å². The molecule has 0 unspecified atom stereocenters. The molecule has 0 saturated heterocycles. The van der Waals surface area contributed by atoms with Crippen molar-refractivity contribution in [1.29, 1.82) is 0 Å². The van der Waals surface area contributed by atoms with E-state index >= 15 is 0 Å². The molecule has 16 heavy (non-hydrogen) atoms. The van der Waals surface area contributed by atoms with E-state index in [-0.39, 0.29) is 5.91 Å². The fourth-order valence-electron chi connectivity index (χ4n) is 1.92. The molecule has 0 aromatic carbocycles. The Morgan fingerprint density at radius 1 is 1.69 bits per heavy atom. The van der Waals surface area contributed by atoms with Crippen molar-refractivity contribution in [3.8, 4) is 0 Å². The highest BCUT2D eigenvalue weighted by molar-refractivity contribution is 9.09. The van der Waals surface area contributed by atoms with Crippen LogP contribution in [0, 0.1) is 0 Å². The van der Waals surface area contributed by atoms with Gasteiger partial charge < -0.3 is 4.90 Å². The predicted octanol–water partition coefficient (Wildman–Crippen LogP) is 1.81. The van der Waals surface area contributed by atoms with E-state index < -0.39 is 0 Å². The summed E-state index contributed by atoms with van der Waals surface area (Å²) in [6.45, 7) is 0.764. The van der Waals surface area contributed by atoms with Crippen LogP contribution in [0.15, 0.2) is 12.3 Å². The van der Waals surface area contributed by atoms with Crippen molar-refractivity contribution in [2.24, 2.45) is 7.05 Å². The summed E-state index contributed by atoms with van der Waals surface area (Å²) in [5, 5.41) is 4.99. The van der Waals surface area contributed by atoms with Gasteiger partial charge in [0.15, 0.2) is 0 Å². The lowest BCUT2D eigenvalue weighted by Crippen LogP contribution is -2.45. The first kappa shape index (κ1) is 11.6. The van der Waals surface area contributed by atoms with Gasteiger partial charge in [-0.15, -0.1) is 0 Å². The molecule has 1 amide bonds. The van der Waals surface area contributed by atoms with E-state index in [4.69, 9.17) is 0 Å². The van der Waals surface area contributed by atoms with Crippen LogP contribution < -0.4 is 0 Å². The maximum atomic E-state index is 12.2. The fraction of sp³-hybridized carbons (Fsp3) is 0.636. The zero-order valence-corrected chi connectivity index (χ0v) is 11.0. The van der Waals surface area contributed by atoms with Gasteiger partial charge in [-0.3, -0.25) is 9.48 Å². The Labute approximate surface area is 104 Å². The zero-order valence-electron chi connectivity index (χ0n) is 9.40. The number of carbonyl (C=O) groups is 1. The summed E-state index contributed by atoms with van der Waals surface area (Å²) in [5.74, 6) is 0.0600. The van der Waals surface area contributed by atoms with Crippen molar-refractivity contribution in [2.75, 3.05) is 11.9 Å².